The largest absolute Gasteiger partial charge is 0.265 e. The molecule has 0 saturated carbocycles. The lowest BCUT2D eigenvalue weighted by Gasteiger charge is -2.04. The molecule has 2 N–H and O–H groups in total. The Morgan fingerprint density at radius 1 is 0.840 bits per heavy atom. The van der Waals surface area contributed by atoms with Crippen molar-refractivity contribution in [1.29, 1.82) is 0 Å². The Balaban J connectivity index is 1.64. The van der Waals surface area contributed by atoms with Gasteiger partial charge < -0.3 is 0 Å². The summed E-state index contributed by atoms with van der Waals surface area (Å²) in [6.07, 6.45) is 6.54. The number of nitrogens with one attached hydrogen (secondary N) is 2. The molecule has 0 radical (unpaired) electrons. The van der Waals surface area contributed by atoms with E-state index in [2.05, 4.69) is 46.2 Å². The average molecular weight is 333 g/mol. The molecule has 0 aliphatic carbocycles. The molecule has 0 fully saturated rings. The van der Waals surface area contributed by atoms with E-state index in [-0.39, 0.29) is 5.95 Å². The van der Waals surface area contributed by atoms with Gasteiger partial charge in [-0.15, -0.1) is 10.2 Å². The molecule has 0 atom stereocenters. The first-order valence-electron chi connectivity index (χ1n) is 7.43. The van der Waals surface area contributed by atoms with Crippen molar-refractivity contribution in [3.8, 4) is 0 Å². The minimum absolute atomic E-state index is 0.244. The number of rotatable bonds is 6. The second-order valence-corrected chi connectivity index (χ2v) is 4.82. The van der Waals surface area contributed by atoms with Crippen molar-refractivity contribution in [2.75, 3.05) is 10.9 Å². The van der Waals surface area contributed by atoms with Gasteiger partial charge in [-0.2, -0.15) is 15.2 Å². The average Bonchev–Trinajstić information content (AvgIpc) is 2.66. The molecule has 3 aromatic rings. The van der Waals surface area contributed by atoms with Crippen LogP contribution in [0, 0.1) is 6.92 Å². The first kappa shape index (κ1) is 16.1. The lowest BCUT2D eigenvalue weighted by molar-refractivity contribution is 0.922. The Hall–Kier alpha value is -3.75. The van der Waals surface area contributed by atoms with E-state index in [0.29, 0.717) is 17.2 Å². The highest BCUT2D eigenvalue weighted by molar-refractivity contribution is 5.77. The van der Waals surface area contributed by atoms with Crippen LogP contribution in [-0.4, -0.2) is 37.6 Å². The fourth-order valence-corrected chi connectivity index (χ4v) is 1.75. The number of anilines is 2. The highest BCUT2D eigenvalue weighted by Crippen LogP contribution is 2.09. The van der Waals surface area contributed by atoms with Gasteiger partial charge in [-0.05, 0) is 31.2 Å². The van der Waals surface area contributed by atoms with Crippen molar-refractivity contribution in [2.45, 2.75) is 6.92 Å². The van der Waals surface area contributed by atoms with E-state index in [1.165, 1.54) is 0 Å². The molecule has 0 bridgehead atoms. The van der Waals surface area contributed by atoms with Crippen LogP contribution in [0.4, 0.5) is 11.8 Å². The fourth-order valence-electron chi connectivity index (χ4n) is 1.75. The predicted octanol–water partition coefficient (Wildman–Crippen LogP) is 1.86. The second kappa shape index (κ2) is 8.20. The first-order valence-corrected chi connectivity index (χ1v) is 7.43. The summed E-state index contributed by atoms with van der Waals surface area (Å²) < 4.78 is 0. The Morgan fingerprint density at radius 3 is 2.08 bits per heavy atom. The van der Waals surface area contributed by atoms with Gasteiger partial charge in [-0.1, -0.05) is 12.1 Å². The summed E-state index contributed by atoms with van der Waals surface area (Å²) >= 11 is 0. The second-order valence-electron chi connectivity index (χ2n) is 4.82. The Morgan fingerprint density at radius 2 is 1.48 bits per heavy atom. The van der Waals surface area contributed by atoms with Gasteiger partial charge in [-0.3, -0.25) is 15.4 Å². The summed E-state index contributed by atoms with van der Waals surface area (Å²) in [5.41, 5.74) is 7.59. The zero-order valence-electron chi connectivity index (χ0n) is 13.4. The Kier molecular flexibility index (Phi) is 5.29. The molecule has 0 saturated heterocycles. The third-order valence-electron chi connectivity index (χ3n) is 2.96. The summed E-state index contributed by atoms with van der Waals surface area (Å²) in [5, 5.41) is 16.1. The summed E-state index contributed by atoms with van der Waals surface area (Å²) in [7, 11) is 0. The highest BCUT2D eigenvalue weighted by atomic mass is 15.4. The molecule has 25 heavy (non-hydrogen) atoms. The van der Waals surface area contributed by atoms with E-state index >= 15 is 0 Å². The number of hydrazone groups is 2. The van der Waals surface area contributed by atoms with Crippen LogP contribution in [0.1, 0.15) is 17.1 Å². The van der Waals surface area contributed by atoms with Crippen molar-refractivity contribution in [1.82, 2.24) is 25.1 Å². The van der Waals surface area contributed by atoms with Gasteiger partial charge >= 0.3 is 0 Å². The van der Waals surface area contributed by atoms with Crippen molar-refractivity contribution in [3.05, 3.63) is 65.9 Å². The molecule has 0 aromatic carbocycles. The molecule has 0 aliphatic rings. The van der Waals surface area contributed by atoms with Gasteiger partial charge in [0.25, 0.3) is 5.95 Å². The summed E-state index contributed by atoms with van der Waals surface area (Å²) in [6.45, 7) is 1.78. The summed E-state index contributed by atoms with van der Waals surface area (Å²) in [6, 6.07) is 11.1. The van der Waals surface area contributed by atoms with E-state index in [1.54, 1.807) is 31.7 Å². The molecule has 9 nitrogen and oxygen atoms in total. The monoisotopic (exact) mass is 333 g/mol. The molecule has 0 amide bonds. The smallest absolute Gasteiger partial charge is 0.260 e. The SMILES string of the molecule is Cc1nnc(N/N=C/c2ccccn2)nc1N/N=C/c1ccccn1. The van der Waals surface area contributed by atoms with E-state index in [0.717, 1.165) is 5.69 Å². The standard InChI is InChI=1S/C16H15N9/c1-12-15(23-19-10-13-6-2-4-8-17-13)21-16(25-22-12)24-20-11-14-7-3-5-9-18-14/h2-11H,1H3,(H2,21,23,24,25)/b19-10+,20-11+. The van der Waals surface area contributed by atoms with Crippen molar-refractivity contribution < 1.29 is 0 Å². The lowest BCUT2D eigenvalue weighted by Crippen LogP contribution is -2.05. The van der Waals surface area contributed by atoms with Crippen LogP contribution in [-0.2, 0) is 0 Å². The van der Waals surface area contributed by atoms with Gasteiger partial charge in [-0.25, -0.2) is 5.43 Å². The van der Waals surface area contributed by atoms with Crippen LogP contribution < -0.4 is 10.9 Å². The number of pyridine rings is 2. The molecule has 124 valence electrons. The summed E-state index contributed by atoms with van der Waals surface area (Å²) in [5.74, 6) is 0.714. The summed E-state index contributed by atoms with van der Waals surface area (Å²) in [4.78, 5) is 12.5. The molecule has 3 aromatic heterocycles. The predicted molar refractivity (Wildman–Crippen MR) is 95.5 cm³/mol. The van der Waals surface area contributed by atoms with Crippen LogP contribution in [0.25, 0.3) is 0 Å². The quantitative estimate of drug-likeness (QED) is 0.523. The number of aryl methyl sites for hydroxylation is 1. The third kappa shape index (κ3) is 4.86. The Bertz CT molecular complexity index is 863. The molecular weight excluding hydrogens is 318 g/mol. The van der Waals surface area contributed by atoms with Gasteiger partial charge in [0.1, 0.15) is 5.69 Å². The zero-order chi connectivity index (χ0) is 17.3. The highest BCUT2D eigenvalue weighted by Gasteiger charge is 2.03. The van der Waals surface area contributed by atoms with Crippen LogP contribution in [0.2, 0.25) is 0 Å². The molecular formula is C16H15N9. The van der Waals surface area contributed by atoms with Gasteiger partial charge in [0.05, 0.1) is 23.8 Å². The minimum Gasteiger partial charge on any atom is -0.260 e. The third-order valence-corrected chi connectivity index (χ3v) is 2.96. The topological polar surface area (TPSA) is 113 Å². The Labute approximate surface area is 144 Å². The number of nitrogens with zero attached hydrogens (tertiary/aromatic N) is 7. The van der Waals surface area contributed by atoms with E-state index in [1.807, 2.05) is 36.4 Å². The van der Waals surface area contributed by atoms with E-state index in [4.69, 9.17) is 0 Å². The molecule has 3 heterocycles. The molecule has 0 unspecified atom stereocenters. The number of hydrogen-bond acceptors (Lipinski definition) is 9. The van der Waals surface area contributed by atoms with E-state index in [9.17, 15) is 0 Å². The molecule has 3 rings (SSSR count). The van der Waals surface area contributed by atoms with Crippen LogP contribution in [0.3, 0.4) is 0 Å². The van der Waals surface area contributed by atoms with Gasteiger partial charge in [0.15, 0.2) is 5.82 Å². The maximum Gasteiger partial charge on any atom is 0.265 e. The zero-order valence-corrected chi connectivity index (χ0v) is 13.4. The molecule has 0 aliphatic heterocycles. The number of hydrogen-bond donors (Lipinski definition) is 2. The first-order chi connectivity index (χ1) is 12.3. The molecule has 9 heteroatoms. The maximum atomic E-state index is 4.27. The molecule has 0 spiro atoms. The van der Waals surface area contributed by atoms with Crippen molar-refractivity contribution in [2.24, 2.45) is 10.2 Å². The van der Waals surface area contributed by atoms with Crippen molar-refractivity contribution in [3.63, 3.8) is 0 Å². The van der Waals surface area contributed by atoms with Crippen LogP contribution in [0.15, 0.2) is 59.0 Å². The lowest BCUT2D eigenvalue weighted by atomic mass is 10.4. The normalized spacial score (nSPS) is 11.1. The van der Waals surface area contributed by atoms with Crippen LogP contribution >= 0.6 is 0 Å². The van der Waals surface area contributed by atoms with Gasteiger partial charge in [0, 0.05) is 12.4 Å². The van der Waals surface area contributed by atoms with Crippen molar-refractivity contribution >= 4 is 24.2 Å². The maximum absolute atomic E-state index is 4.27. The number of aromatic nitrogens is 5. The minimum atomic E-state index is 0.244. The van der Waals surface area contributed by atoms with E-state index < -0.39 is 0 Å². The van der Waals surface area contributed by atoms with Crippen LogP contribution in [0.5, 0.6) is 0 Å². The fraction of sp³-hybridized carbons (Fsp3) is 0.0625. The van der Waals surface area contributed by atoms with Gasteiger partial charge in [0.2, 0.25) is 0 Å².